The predicted molar refractivity (Wildman–Crippen MR) is 187 cm³/mol. The monoisotopic (exact) mass is 763 g/mol. The molecule has 0 radical (unpaired) electrons. The molecular weight excluding hydrogens is 722 g/mol. The summed E-state index contributed by atoms with van der Waals surface area (Å²) in [7, 11) is 0. The molecule has 0 spiro atoms. The Morgan fingerprint density at radius 2 is 1.07 bits per heavy atom. The number of benzene rings is 3. The Kier molecular flexibility index (Phi) is 13.7. The Morgan fingerprint density at radius 1 is 0.600 bits per heavy atom. The second-order valence-electron chi connectivity index (χ2n) is 12.7. The second-order valence-corrected chi connectivity index (χ2v) is 12.7. The van der Waals surface area contributed by atoms with E-state index in [1.165, 1.54) is 43.3 Å². The van der Waals surface area contributed by atoms with Crippen LogP contribution < -0.4 is 5.32 Å². The molecule has 2 aliphatic rings. The van der Waals surface area contributed by atoms with Crippen molar-refractivity contribution in [2.45, 2.75) is 89.0 Å². The molecule has 2 N–H and O–H groups in total. The fraction of sp³-hybridized carbons (Fsp3) is 0.385. The van der Waals surface area contributed by atoms with Crippen LogP contribution in [0.1, 0.15) is 58.8 Å². The van der Waals surface area contributed by atoms with Crippen molar-refractivity contribution in [3.8, 4) is 0 Å². The van der Waals surface area contributed by atoms with E-state index in [-0.39, 0.29) is 16.7 Å². The van der Waals surface area contributed by atoms with Crippen LogP contribution in [0, 0.1) is 0 Å². The topological polar surface area (TPSA) is 209 Å². The van der Waals surface area contributed by atoms with E-state index in [2.05, 4.69) is 5.32 Å². The summed E-state index contributed by atoms with van der Waals surface area (Å²) in [4.78, 5) is 77.5. The molecule has 1 amide bonds. The number of aliphatic hydroxyl groups excluding tert-OH is 1. The zero-order chi connectivity index (χ0) is 39.6. The van der Waals surface area contributed by atoms with E-state index in [1.807, 2.05) is 0 Å². The molecular formula is C39H41NO15. The number of carbonyl (C=O) groups excluding carboxylic acids is 6. The van der Waals surface area contributed by atoms with Crippen molar-refractivity contribution in [2.24, 2.45) is 0 Å². The number of ether oxygens (including phenoxy) is 8. The van der Waals surface area contributed by atoms with E-state index in [1.54, 1.807) is 54.6 Å². The first kappa shape index (κ1) is 40.5. The summed E-state index contributed by atoms with van der Waals surface area (Å²) in [5.41, 5.74) is 0.362. The van der Waals surface area contributed by atoms with Crippen LogP contribution in [0.15, 0.2) is 91.0 Å². The third-order valence-electron chi connectivity index (χ3n) is 8.56. The van der Waals surface area contributed by atoms with Crippen LogP contribution >= 0.6 is 0 Å². The van der Waals surface area contributed by atoms with E-state index >= 15 is 0 Å². The fourth-order valence-corrected chi connectivity index (χ4v) is 6.09. The molecule has 0 bridgehead atoms. The van der Waals surface area contributed by atoms with Gasteiger partial charge in [0, 0.05) is 20.8 Å². The molecule has 2 fully saturated rings. The van der Waals surface area contributed by atoms with Crippen LogP contribution in [0.25, 0.3) is 0 Å². The third kappa shape index (κ3) is 10.5. The minimum absolute atomic E-state index is 0.0858. The lowest BCUT2D eigenvalue weighted by molar-refractivity contribution is -0.336. The predicted octanol–water partition coefficient (Wildman–Crippen LogP) is 2.51. The molecule has 2 saturated heterocycles. The highest BCUT2D eigenvalue weighted by Crippen LogP contribution is 2.35. The number of nitrogens with one attached hydrogen (secondary N) is 1. The molecule has 2 aliphatic heterocycles. The maximum atomic E-state index is 13.7. The van der Waals surface area contributed by atoms with Crippen LogP contribution in [0.2, 0.25) is 0 Å². The third-order valence-corrected chi connectivity index (χ3v) is 8.56. The quantitative estimate of drug-likeness (QED) is 0.201. The first-order valence-corrected chi connectivity index (χ1v) is 17.3. The summed E-state index contributed by atoms with van der Waals surface area (Å²) in [6.45, 7) is 4.36. The Labute approximate surface area is 315 Å². The van der Waals surface area contributed by atoms with Gasteiger partial charge in [0.15, 0.2) is 37.0 Å². The van der Waals surface area contributed by atoms with Crippen LogP contribution in [0.4, 0.5) is 0 Å². The molecule has 3 aromatic carbocycles. The van der Waals surface area contributed by atoms with Gasteiger partial charge in [0.05, 0.1) is 22.8 Å². The highest BCUT2D eigenvalue weighted by atomic mass is 16.7. The van der Waals surface area contributed by atoms with Gasteiger partial charge in [-0.25, -0.2) is 14.4 Å². The van der Waals surface area contributed by atoms with Crippen molar-refractivity contribution < 1.29 is 71.8 Å². The van der Waals surface area contributed by atoms with Gasteiger partial charge in [0.2, 0.25) is 5.91 Å². The summed E-state index contributed by atoms with van der Waals surface area (Å²) in [5, 5.41) is 13.6. The number of aliphatic hydroxyl groups is 1. The average molecular weight is 764 g/mol. The summed E-state index contributed by atoms with van der Waals surface area (Å²) in [6.07, 6.45) is -13.8. The van der Waals surface area contributed by atoms with Crippen LogP contribution in [0.3, 0.4) is 0 Å². The molecule has 3 aromatic rings. The van der Waals surface area contributed by atoms with E-state index in [0.717, 1.165) is 20.8 Å². The average Bonchev–Trinajstić information content (AvgIpc) is 3.16. The number of amides is 1. The lowest BCUT2D eigenvalue weighted by Gasteiger charge is -2.48. The molecule has 0 aromatic heterocycles. The minimum Gasteiger partial charge on any atom is -0.463 e. The van der Waals surface area contributed by atoms with Crippen LogP contribution in [0.5, 0.6) is 0 Å². The number of carbonyl (C=O) groups is 6. The minimum atomic E-state index is -1.82. The lowest BCUT2D eigenvalue weighted by atomic mass is 9.95. The summed E-state index contributed by atoms with van der Waals surface area (Å²) in [5.74, 6) is -4.79. The fourth-order valence-electron chi connectivity index (χ4n) is 6.09. The van der Waals surface area contributed by atoms with Gasteiger partial charge in [0.1, 0.15) is 24.9 Å². The molecule has 10 atom stereocenters. The normalized spacial score (nSPS) is 27.4. The van der Waals surface area contributed by atoms with Crippen LogP contribution in [-0.2, 0) is 52.3 Å². The van der Waals surface area contributed by atoms with Gasteiger partial charge in [0.25, 0.3) is 0 Å². The lowest BCUT2D eigenvalue weighted by Crippen LogP contribution is -2.68. The van der Waals surface area contributed by atoms with Gasteiger partial charge < -0.3 is 48.3 Å². The first-order chi connectivity index (χ1) is 26.3. The standard InChI is InChI=1S/C39H41NO15/c1-21-30(52-35(44)25-14-8-5-9-15-25)33(53-36(45)26-16-10-6-11-17-26)34(54-37(46)27-18-12-7-13-19-27)39(49-21)55-32-29(40-22(2)41)38(47)51-28(20-48-23(3)42)31(32)50-24(4)43/h5-19,21,28-34,38-39,47H,20H2,1-4H3,(H,40,41)/t21-,28-,29-,30-,31-,32?,33+,34+,38?,39-/m0/s1. The Hall–Kier alpha value is -5.68. The number of rotatable bonds is 12. The molecule has 292 valence electrons. The first-order valence-electron chi connectivity index (χ1n) is 17.3. The molecule has 5 rings (SSSR count). The molecule has 0 aliphatic carbocycles. The van der Waals surface area contributed by atoms with Crippen molar-refractivity contribution in [1.29, 1.82) is 0 Å². The van der Waals surface area contributed by atoms with Crippen LogP contribution in [-0.4, -0.2) is 109 Å². The van der Waals surface area contributed by atoms with Gasteiger partial charge in [-0.05, 0) is 43.3 Å². The zero-order valence-corrected chi connectivity index (χ0v) is 30.3. The van der Waals surface area contributed by atoms with Gasteiger partial charge in [-0.3, -0.25) is 14.4 Å². The van der Waals surface area contributed by atoms with Gasteiger partial charge in [-0.1, -0.05) is 54.6 Å². The maximum absolute atomic E-state index is 13.7. The van der Waals surface area contributed by atoms with Gasteiger partial charge in [-0.2, -0.15) is 0 Å². The Bertz CT molecular complexity index is 1810. The highest BCUT2D eigenvalue weighted by Gasteiger charge is 2.56. The molecule has 2 heterocycles. The molecule has 2 unspecified atom stereocenters. The van der Waals surface area contributed by atoms with Gasteiger partial charge in [-0.15, -0.1) is 0 Å². The Balaban J connectivity index is 1.60. The summed E-state index contributed by atoms with van der Waals surface area (Å²) < 4.78 is 46.9. The molecule has 16 nitrogen and oxygen atoms in total. The SMILES string of the molecule is CC(=O)N[C@@H]1C(O)O[C@@H](COC(C)=O)[C@H](OC(C)=O)C1O[C@@H]1O[C@@H](C)[C@H](OC(=O)c2ccccc2)[C@@H](OC(=O)c2ccccc2)[C@H]1OC(=O)c1ccccc1. The summed E-state index contributed by atoms with van der Waals surface area (Å²) in [6, 6.07) is 22.2. The van der Waals surface area contributed by atoms with E-state index in [9.17, 15) is 33.9 Å². The largest absolute Gasteiger partial charge is 0.463 e. The van der Waals surface area contributed by atoms with E-state index < -0.39 is 104 Å². The van der Waals surface area contributed by atoms with Crippen molar-refractivity contribution in [2.75, 3.05) is 6.61 Å². The van der Waals surface area contributed by atoms with Crippen molar-refractivity contribution in [3.05, 3.63) is 108 Å². The molecule has 55 heavy (non-hydrogen) atoms. The van der Waals surface area contributed by atoms with E-state index in [4.69, 9.17) is 37.9 Å². The second kappa shape index (κ2) is 18.6. The highest BCUT2D eigenvalue weighted by molar-refractivity contribution is 5.91. The van der Waals surface area contributed by atoms with Gasteiger partial charge >= 0.3 is 29.8 Å². The smallest absolute Gasteiger partial charge is 0.338 e. The number of esters is 5. The van der Waals surface area contributed by atoms with E-state index in [0.29, 0.717) is 0 Å². The van der Waals surface area contributed by atoms with Crippen molar-refractivity contribution in [3.63, 3.8) is 0 Å². The number of hydrogen-bond acceptors (Lipinski definition) is 15. The molecule has 16 heteroatoms. The summed E-state index contributed by atoms with van der Waals surface area (Å²) >= 11 is 0. The van der Waals surface area contributed by atoms with Crippen molar-refractivity contribution in [1.82, 2.24) is 5.32 Å². The zero-order valence-electron chi connectivity index (χ0n) is 30.3. The Morgan fingerprint density at radius 3 is 1.53 bits per heavy atom. The maximum Gasteiger partial charge on any atom is 0.338 e. The van der Waals surface area contributed by atoms with Crippen molar-refractivity contribution >= 4 is 35.8 Å². The molecule has 0 saturated carbocycles. The number of hydrogen-bond donors (Lipinski definition) is 2.